The molecule has 1 unspecified atom stereocenters. The largest absolute Gasteiger partial charge is 0.481 e. The maximum atomic E-state index is 12.1. The minimum atomic E-state index is -1.24. The highest BCUT2D eigenvalue weighted by atomic mass is 32.2. The Morgan fingerprint density at radius 2 is 2.14 bits per heavy atom. The lowest BCUT2D eigenvalue weighted by molar-refractivity contribution is -0.140. The van der Waals surface area contributed by atoms with Gasteiger partial charge in [-0.2, -0.15) is 0 Å². The van der Waals surface area contributed by atoms with Crippen molar-refractivity contribution >= 4 is 22.9 Å². The molecule has 2 aliphatic rings. The van der Waals surface area contributed by atoms with E-state index >= 15 is 0 Å². The topological polar surface area (TPSA) is 86.7 Å². The van der Waals surface area contributed by atoms with Crippen molar-refractivity contribution in [1.29, 1.82) is 0 Å². The van der Waals surface area contributed by atoms with E-state index < -0.39 is 17.0 Å². The Balaban J connectivity index is 2.10. The number of nitrogens with zero attached hydrogens (tertiary/aromatic N) is 1. The van der Waals surface area contributed by atoms with Crippen molar-refractivity contribution in [3.63, 3.8) is 0 Å². The number of carboxylic acid groups (broad SMARTS) is 1. The first-order chi connectivity index (χ1) is 10.5. The average molecular weight is 324 g/mol. The van der Waals surface area contributed by atoms with Crippen LogP contribution in [0, 0.1) is 0 Å². The highest BCUT2D eigenvalue weighted by Gasteiger charge is 2.28. The van der Waals surface area contributed by atoms with E-state index in [2.05, 4.69) is 4.72 Å². The van der Waals surface area contributed by atoms with Crippen LogP contribution < -0.4 is 4.72 Å². The summed E-state index contributed by atoms with van der Waals surface area (Å²) in [5.74, 6) is -1.14. The Bertz CT molecular complexity index is 592. The summed E-state index contributed by atoms with van der Waals surface area (Å²) in [6.07, 6.45) is 6.85. The van der Waals surface area contributed by atoms with Gasteiger partial charge in [0.2, 0.25) is 5.91 Å². The van der Waals surface area contributed by atoms with Gasteiger partial charge in [-0.1, -0.05) is 19.1 Å². The summed E-state index contributed by atoms with van der Waals surface area (Å²) < 4.78 is 14.9. The fraction of sp³-hybridized carbons (Fsp3) is 0.467. The number of hydrogen-bond donors (Lipinski definition) is 2. The predicted octanol–water partition coefficient (Wildman–Crippen LogP) is 1.45. The second-order valence-electron chi connectivity index (χ2n) is 5.06. The number of likely N-dealkylation sites (tertiary alicyclic amines) is 1. The lowest BCUT2D eigenvalue weighted by Crippen LogP contribution is -2.26. The molecule has 1 atom stereocenters. The number of amides is 1. The third kappa shape index (κ3) is 3.92. The number of allylic oxidation sites excluding steroid dienone is 4. The minimum absolute atomic E-state index is 0.00353. The summed E-state index contributed by atoms with van der Waals surface area (Å²) in [6, 6.07) is 0. The van der Waals surface area contributed by atoms with Gasteiger partial charge >= 0.3 is 5.97 Å². The van der Waals surface area contributed by atoms with Gasteiger partial charge in [0.25, 0.3) is 0 Å². The SMILES string of the molecule is CCNS(=O)C1=CCC=C2C(=C1)CCN2C(=O)CCC(=O)O. The molecule has 1 fully saturated rings. The van der Waals surface area contributed by atoms with Crippen LogP contribution in [0.4, 0.5) is 0 Å². The van der Waals surface area contributed by atoms with Crippen molar-refractivity contribution in [1.82, 2.24) is 9.62 Å². The second kappa shape index (κ2) is 7.51. The van der Waals surface area contributed by atoms with Crippen LogP contribution in [-0.4, -0.2) is 39.2 Å². The van der Waals surface area contributed by atoms with Gasteiger partial charge in [-0.15, -0.1) is 0 Å². The van der Waals surface area contributed by atoms with Gasteiger partial charge in [0.1, 0.15) is 11.0 Å². The third-order valence-corrected chi connectivity index (χ3v) is 4.78. The van der Waals surface area contributed by atoms with Gasteiger partial charge in [-0.3, -0.25) is 9.59 Å². The zero-order valence-electron chi connectivity index (χ0n) is 12.5. The van der Waals surface area contributed by atoms with E-state index in [0.717, 1.165) is 16.2 Å². The quantitative estimate of drug-likeness (QED) is 0.774. The van der Waals surface area contributed by atoms with Gasteiger partial charge in [0.15, 0.2) is 0 Å². The van der Waals surface area contributed by atoms with Crippen LogP contribution in [0.15, 0.2) is 34.4 Å². The van der Waals surface area contributed by atoms with Crippen molar-refractivity contribution in [3.8, 4) is 0 Å². The molecule has 1 aliphatic carbocycles. The maximum absolute atomic E-state index is 12.1. The molecule has 0 aromatic rings. The normalized spacial score (nSPS) is 18.8. The molecule has 0 radical (unpaired) electrons. The van der Waals surface area contributed by atoms with Crippen LogP contribution >= 0.6 is 0 Å². The summed E-state index contributed by atoms with van der Waals surface area (Å²) in [6.45, 7) is 3.06. The molecule has 1 aliphatic heterocycles. The number of carboxylic acids is 1. The van der Waals surface area contributed by atoms with Crippen molar-refractivity contribution < 1.29 is 18.9 Å². The number of fused-ring (bicyclic) bond motifs is 1. The molecule has 6 nitrogen and oxygen atoms in total. The Hall–Kier alpha value is -1.73. The monoisotopic (exact) mass is 324 g/mol. The van der Waals surface area contributed by atoms with E-state index in [1.54, 1.807) is 4.90 Å². The molecule has 0 bridgehead atoms. The molecule has 2 rings (SSSR count). The van der Waals surface area contributed by atoms with Crippen LogP contribution in [0.2, 0.25) is 0 Å². The average Bonchev–Trinajstić information content (AvgIpc) is 2.75. The van der Waals surface area contributed by atoms with Crippen molar-refractivity contribution in [2.24, 2.45) is 0 Å². The molecule has 22 heavy (non-hydrogen) atoms. The number of aliphatic carboxylic acids is 1. The van der Waals surface area contributed by atoms with E-state index in [4.69, 9.17) is 5.11 Å². The van der Waals surface area contributed by atoms with E-state index in [0.29, 0.717) is 25.9 Å². The van der Waals surface area contributed by atoms with Gasteiger partial charge in [-0.05, 0) is 24.5 Å². The number of hydrogen-bond acceptors (Lipinski definition) is 3. The highest BCUT2D eigenvalue weighted by molar-refractivity contribution is 7.87. The zero-order chi connectivity index (χ0) is 16.1. The van der Waals surface area contributed by atoms with Crippen LogP contribution in [0.25, 0.3) is 0 Å². The molecule has 120 valence electrons. The molecule has 1 amide bonds. The molecule has 7 heteroatoms. The van der Waals surface area contributed by atoms with E-state index in [1.807, 2.05) is 25.2 Å². The van der Waals surface area contributed by atoms with Gasteiger partial charge < -0.3 is 10.0 Å². The minimum Gasteiger partial charge on any atom is -0.481 e. The Kier molecular flexibility index (Phi) is 5.68. The molecule has 2 N–H and O–H groups in total. The fourth-order valence-electron chi connectivity index (χ4n) is 2.51. The molecule has 1 heterocycles. The highest BCUT2D eigenvalue weighted by Crippen LogP contribution is 2.32. The summed E-state index contributed by atoms with van der Waals surface area (Å²) in [5, 5.41) is 8.68. The molecule has 1 saturated heterocycles. The summed E-state index contributed by atoms with van der Waals surface area (Å²) in [5.41, 5.74) is 1.81. The van der Waals surface area contributed by atoms with Crippen molar-refractivity contribution in [3.05, 3.63) is 34.4 Å². The predicted molar refractivity (Wildman–Crippen MR) is 83.9 cm³/mol. The summed E-state index contributed by atoms with van der Waals surface area (Å²) in [4.78, 5) is 25.1. The van der Waals surface area contributed by atoms with Crippen molar-refractivity contribution in [2.75, 3.05) is 13.1 Å². The van der Waals surface area contributed by atoms with E-state index in [9.17, 15) is 13.8 Å². The zero-order valence-corrected chi connectivity index (χ0v) is 13.3. The molecule has 0 aromatic heterocycles. The van der Waals surface area contributed by atoms with E-state index in [-0.39, 0.29) is 18.7 Å². The molecule has 0 aromatic carbocycles. The number of rotatable bonds is 6. The number of carbonyl (C=O) groups excluding carboxylic acids is 1. The number of carbonyl (C=O) groups is 2. The van der Waals surface area contributed by atoms with Crippen molar-refractivity contribution in [2.45, 2.75) is 32.6 Å². The van der Waals surface area contributed by atoms with Gasteiger partial charge in [-0.25, -0.2) is 8.93 Å². The smallest absolute Gasteiger partial charge is 0.303 e. The van der Waals surface area contributed by atoms with Gasteiger partial charge in [0, 0.05) is 25.2 Å². The summed E-state index contributed by atoms with van der Waals surface area (Å²) in [7, 11) is -1.24. The third-order valence-electron chi connectivity index (χ3n) is 3.51. The summed E-state index contributed by atoms with van der Waals surface area (Å²) >= 11 is 0. The molecular formula is C15H20N2O4S. The maximum Gasteiger partial charge on any atom is 0.303 e. The standard InChI is InChI=1S/C15H20N2O4S/c1-2-16-22(21)12-4-3-5-13-11(10-12)8-9-17(13)14(18)6-7-15(19)20/h4-5,10,16H,2-3,6-9H2,1H3,(H,19,20). The first-order valence-corrected chi connectivity index (χ1v) is 8.46. The first kappa shape index (κ1) is 16.6. The second-order valence-corrected chi connectivity index (χ2v) is 6.35. The Labute approximate surface area is 132 Å². The molecule has 0 saturated carbocycles. The van der Waals surface area contributed by atoms with Crippen LogP contribution in [0.3, 0.4) is 0 Å². The fourth-order valence-corrected chi connectivity index (χ4v) is 3.44. The lowest BCUT2D eigenvalue weighted by atomic mass is 10.1. The number of nitrogens with one attached hydrogen (secondary N) is 1. The van der Waals surface area contributed by atoms with Crippen LogP contribution in [0.5, 0.6) is 0 Å². The lowest BCUT2D eigenvalue weighted by Gasteiger charge is -2.17. The first-order valence-electron chi connectivity index (χ1n) is 7.31. The van der Waals surface area contributed by atoms with Crippen LogP contribution in [-0.2, 0) is 20.6 Å². The molecular weight excluding hydrogens is 304 g/mol. The Morgan fingerprint density at radius 1 is 1.36 bits per heavy atom. The van der Waals surface area contributed by atoms with E-state index in [1.165, 1.54) is 0 Å². The Morgan fingerprint density at radius 3 is 2.82 bits per heavy atom. The van der Waals surface area contributed by atoms with Crippen LogP contribution in [0.1, 0.15) is 32.6 Å². The van der Waals surface area contributed by atoms with Gasteiger partial charge in [0.05, 0.1) is 11.3 Å². The molecule has 0 spiro atoms.